The molecule has 0 saturated heterocycles. The fourth-order valence-electron chi connectivity index (χ4n) is 7.74. The highest BCUT2D eigenvalue weighted by Crippen LogP contribution is 2.32. The maximum Gasteiger partial charge on any atom is 0.304 e. The van der Waals surface area contributed by atoms with E-state index in [0.29, 0.717) is 36.3 Å². The summed E-state index contributed by atoms with van der Waals surface area (Å²) < 4.78 is 10.8. The highest BCUT2D eigenvalue weighted by Gasteiger charge is 2.25. The summed E-state index contributed by atoms with van der Waals surface area (Å²) in [5.41, 5.74) is 3.73. The number of hydrogen-bond acceptors (Lipinski definition) is 11. The van der Waals surface area contributed by atoms with Crippen molar-refractivity contribution in [1.29, 1.82) is 0 Å². The molecule has 3 N–H and O–H groups in total. The van der Waals surface area contributed by atoms with Crippen LogP contribution in [0.25, 0.3) is 0 Å². The van der Waals surface area contributed by atoms with E-state index in [1.165, 1.54) is 77.0 Å². The van der Waals surface area contributed by atoms with Crippen molar-refractivity contribution in [1.82, 2.24) is 35.7 Å². The van der Waals surface area contributed by atoms with Crippen LogP contribution in [-0.2, 0) is 22.4 Å². The van der Waals surface area contributed by atoms with Gasteiger partial charge in [-0.3, -0.25) is 24.8 Å². The van der Waals surface area contributed by atoms with Gasteiger partial charge in [-0.15, -0.1) is 0 Å². The van der Waals surface area contributed by atoms with Crippen LogP contribution in [0.15, 0.2) is 58.1 Å². The predicted octanol–water partition coefficient (Wildman–Crippen LogP) is 8.15. The minimum atomic E-state index is -0.820. The number of aliphatic carboxylic acids is 1. The zero-order chi connectivity index (χ0) is 37.1. The Morgan fingerprint density at radius 3 is 1.60 bits per heavy atom. The Balaban J connectivity index is 0.000000204. The second kappa shape index (κ2) is 21.9. The molecule has 0 aliphatic heterocycles. The molecule has 286 valence electrons. The molecule has 6 rings (SSSR count). The Kier molecular flexibility index (Phi) is 16.4. The maximum absolute atomic E-state index is 11.7. The number of hydroxylamine groups is 1. The van der Waals surface area contributed by atoms with Crippen LogP contribution in [0.5, 0.6) is 0 Å². The number of carbonyl (C=O) groups excluding carboxylic acids is 1. The molecule has 0 unspecified atom stereocenters. The first kappa shape index (κ1) is 39.7. The van der Waals surface area contributed by atoms with Gasteiger partial charge in [0.05, 0.1) is 6.42 Å². The van der Waals surface area contributed by atoms with Gasteiger partial charge in [-0.25, -0.2) is 5.48 Å². The molecule has 2 aliphatic carbocycles. The first-order valence-corrected chi connectivity index (χ1v) is 19.5. The van der Waals surface area contributed by atoms with Crippen molar-refractivity contribution < 1.29 is 28.9 Å². The van der Waals surface area contributed by atoms with Gasteiger partial charge in [0.1, 0.15) is 0 Å². The third-order valence-electron chi connectivity index (χ3n) is 10.6. The third kappa shape index (κ3) is 14.1. The molecule has 2 aliphatic rings. The molecule has 0 radical (unpaired) electrons. The van der Waals surface area contributed by atoms with Gasteiger partial charge in [-0.1, -0.05) is 112 Å². The first-order chi connectivity index (χ1) is 25.9. The fraction of sp³-hybridized carbons (Fsp3) is 0.600. The number of carbonyl (C=O) groups is 2. The molecule has 4 aromatic heterocycles. The van der Waals surface area contributed by atoms with Crippen LogP contribution in [0.3, 0.4) is 0 Å². The Morgan fingerprint density at radius 2 is 1.19 bits per heavy atom. The molecular weight excluding hydrogens is 674 g/mol. The normalized spacial score (nSPS) is 16.3. The van der Waals surface area contributed by atoms with E-state index in [0.717, 1.165) is 48.6 Å². The van der Waals surface area contributed by atoms with E-state index in [4.69, 9.17) is 14.3 Å². The standard InChI is InChI=1S/C20H28N4O3.C20H27N3O3/c25-19(23-26)13-17(10-4-8-15-6-2-1-3-7-15)20-22-18(24-27-20)12-16-9-5-11-21-14-16;24-19(25)13-17(10-4-8-15-6-2-1-3-7-15)20-22-18(23-26-20)12-16-9-5-11-21-14-16/h5,9,11,14-15,17,26H,1-4,6-8,10,12-13H2,(H,23,25);5,9,11,14-15,17H,1-4,6-8,10,12-13H2,(H,24,25)/t2*17-/m11/s1. The average molecular weight is 730 g/mol. The predicted molar refractivity (Wildman–Crippen MR) is 196 cm³/mol. The van der Waals surface area contributed by atoms with E-state index < -0.39 is 11.9 Å². The summed E-state index contributed by atoms with van der Waals surface area (Å²) in [6.07, 6.45) is 27.6. The molecule has 2 fully saturated rings. The molecular formula is C40H55N7O6. The topological polar surface area (TPSA) is 190 Å². The highest BCUT2D eigenvalue weighted by molar-refractivity contribution is 5.75. The maximum atomic E-state index is 11.7. The van der Waals surface area contributed by atoms with E-state index in [-0.39, 0.29) is 24.7 Å². The Bertz CT molecular complexity index is 1620. The number of hydrogen-bond donors (Lipinski definition) is 3. The van der Waals surface area contributed by atoms with Crippen molar-refractivity contribution in [2.45, 2.75) is 140 Å². The third-order valence-corrected chi connectivity index (χ3v) is 10.6. The van der Waals surface area contributed by atoms with Crippen LogP contribution in [0, 0.1) is 11.8 Å². The van der Waals surface area contributed by atoms with Crippen molar-refractivity contribution in [2.24, 2.45) is 11.8 Å². The van der Waals surface area contributed by atoms with E-state index in [2.05, 4.69) is 30.2 Å². The Hall–Kier alpha value is -4.52. The SMILES string of the molecule is O=C(C[C@@H](CCCC1CCCCC1)c1nc(Cc2cccnc2)no1)NO.O=C(O)C[C@@H](CCCC1CCCCC1)c1nc(Cc2cccnc2)no1. The lowest BCUT2D eigenvalue weighted by Gasteiger charge is -2.22. The number of amides is 1. The molecule has 0 bridgehead atoms. The molecule has 13 nitrogen and oxygen atoms in total. The summed E-state index contributed by atoms with van der Waals surface area (Å²) in [6.45, 7) is 0. The van der Waals surface area contributed by atoms with Gasteiger partial charge in [-0.2, -0.15) is 9.97 Å². The van der Waals surface area contributed by atoms with Crippen molar-refractivity contribution in [3.63, 3.8) is 0 Å². The summed E-state index contributed by atoms with van der Waals surface area (Å²) in [5.74, 6) is 2.07. The monoisotopic (exact) mass is 729 g/mol. The first-order valence-electron chi connectivity index (χ1n) is 19.5. The van der Waals surface area contributed by atoms with Gasteiger partial charge in [0, 0.05) is 55.9 Å². The highest BCUT2D eigenvalue weighted by atomic mass is 16.5. The summed E-state index contributed by atoms with van der Waals surface area (Å²) in [6, 6.07) is 7.66. The number of pyridine rings is 2. The number of aromatic nitrogens is 6. The number of nitrogens with one attached hydrogen (secondary N) is 1. The molecule has 13 heteroatoms. The van der Waals surface area contributed by atoms with Crippen LogP contribution in [-0.4, -0.2) is 52.4 Å². The van der Waals surface area contributed by atoms with Crippen LogP contribution < -0.4 is 5.48 Å². The lowest BCUT2D eigenvalue weighted by atomic mass is 9.84. The van der Waals surface area contributed by atoms with Gasteiger partial charge < -0.3 is 14.2 Å². The van der Waals surface area contributed by atoms with E-state index >= 15 is 0 Å². The smallest absolute Gasteiger partial charge is 0.304 e. The number of carboxylic acid groups (broad SMARTS) is 1. The minimum Gasteiger partial charge on any atom is -0.481 e. The largest absolute Gasteiger partial charge is 0.481 e. The quantitative estimate of drug-likeness (QED) is 0.0659. The summed E-state index contributed by atoms with van der Waals surface area (Å²) in [4.78, 5) is 40.1. The van der Waals surface area contributed by atoms with Gasteiger partial charge >= 0.3 is 5.97 Å². The van der Waals surface area contributed by atoms with Gasteiger partial charge in [0.15, 0.2) is 11.6 Å². The lowest BCUT2D eigenvalue weighted by Crippen LogP contribution is -2.21. The second-order valence-electron chi connectivity index (χ2n) is 14.8. The van der Waals surface area contributed by atoms with Crippen LogP contribution in [0.4, 0.5) is 0 Å². The molecule has 2 saturated carbocycles. The van der Waals surface area contributed by atoms with Crippen molar-refractivity contribution in [3.8, 4) is 0 Å². The number of nitrogens with zero attached hydrogens (tertiary/aromatic N) is 6. The van der Waals surface area contributed by atoms with Crippen molar-refractivity contribution in [2.75, 3.05) is 0 Å². The van der Waals surface area contributed by atoms with E-state index in [1.54, 1.807) is 30.3 Å². The van der Waals surface area contributed by atoms with Crippen molar-refractivity contribution in [3.05, 3.63) is 83.6 Å². The van der Waals surface area contributed by atoms with Crippen LogP contribution in [0.2, 0.25) is 0 Å². The van der Waals surface area contributed by atoms with Gasteiger partial charge in [0.2, 0.25) is 17.7 Å². The minimum absolute atomic E-state index is 0.0409. The number of carboxylic acids is 1. The summed E-state index contributed by atoms with van der Waals surface area (Å²) in [5, 5.41) is 26.2. The molecule has 53 heavy (non-hydrogen) atoms. The second-order valence-corrected chi connectivity index (χ2v) is 14.8. The van der Waals surface area contributed by atoms with Gasteiger partial charge in [0.25, 0.3) is 0 Å². The van der Waals surface area contributed by atoms with E-state index in [9.17, 15) is 14.7 Å². The average Bonchev–Trinajstić information content (AvgIpc) is 3.86. The summed E-state index contributed by atoms with van der Waals surface area (Å²) >= 11 is 0. The number of rotatable bonds is 18. The molecule has 4 heterocycles. The molecule has 0 spiro atoms. The van der Waals surface area contributed by atoms with E-state index in [1.807, 2.05) is 24.3 Å². The van der Waals surface area contributed by atoms with Gasteiger partial charge in [-0.05, 0) is 47.9 Å². The summed E-state index contributed by atoms with van der Waals surface area (Å²) in [7, 11) is 0. The molecule has 0 aromatic carbocycles. The van der Waals surface area contributed by atoms with Crippen LogP contribution in [0.1, 0.15) is 162 Å². The molecule has 2 atom stereocenters. The molecule has 1 amide bonds. The fourth-order valence-corrected chi connectivity index (χ4v) is 7.74. The molecule has 4 aromatic rings. The Morgan fingerprint density at radius 1 is 0.717 bits per heavy atom. The Labute approximate surface area is 311 Å². The zero-order valence-electron chi connectivity index (χ0n) is 30.8. The van der Waals surface area contributed by atoms with Crippen LogP contribution >= 0.6 is 0 Å². The zero-order valence-corrected chi connectivity index (χ0v) is 30.8. The van der Waals surface area contributed by atoms with Crippen molar-refractivity contribution >= 4 is 11.9 Å². The lowest BCUT2D eigenvalue weighted by molar-refractivity contribution is -0.137.